The number of halogens is 3. The van der Waals surface area contributed by atoms with Crippen molar-refractivity contribution in [3.05, 3.63) is 7.43 Å². The molecule has 2 fully saturated rings. The van der Waals surface area contributed by atoms with Gasteiger partial charge in [0.1, 0.15) is 0 Å². The summed E-state index contributed by atoms with van der Waals surface area (Å²) in [7, 11) is 4.81. The zero-order valence-corrected chi connectivity index (χ0v) is 29.2. The molecule has 0 unspecified atom stereocenters. The Hall–Kier alpha value is 2.75. The molecule has 2 saturated heterocycles. The number of rotatable bonds is 6. The van der Waals surface area contributed by atoms with Gasteiger partial charge in [-0.15, -0.1) is 0 Å². The molecule has 10 heteroatoms. The molecule has 32 heavy (non-hydrogen) atoms. The van der Waals surface area contributed by atoms with Crippen LogP contribution in [0.2, 0.25) is 0 Å². The van der Waals surface area contributed by atoms with E-state index in [0.717, 1.165) is 11.9 Å². The minimum absolute atomic E-state index is 0. The van der Waals surface area contributed by atoms with Gasteiger partial charge in [-0.05, 0) is 12.8 Å². The van der Waals surface area contributed by atoms with Crippen molar-refractivity contribution >= 4 is 6.99 Å². The maximum atomic E-state index is 11.1. The van der Waals surface area contributed by atoms with Gasteiger partial charge >= 0.3 is 110 Å². The Morgan fingerprint density at radius 1 is 0.750 bits per heavy atom. The van der Waals surface area contributed by atoms with Gasteiger partial charge in [0.05, 0.1) is 65.3 Å². The van der Waals surface area contributed by atoms with Crippen molar-refractivity contribution in [1.29, 1.82) is 10.5 Å². The molecule has 0 bridgehead atoms. The second-order valence-corrected chi connectivity index (χ2v) is 8.32. The van der Waals surface area contributed by atoms with Crippen LogP contribution >= 0.6 is 0 Å². The summed E-state index contributed by atoms with van der Waals surface area (Å²) in [5, 5.41) is 15.0. The molecule has 0 spiro atoms. The van der Waals surface area contributed by atoms with E-state index in [9.17, 15) is 4.32 Å². The molecule has 0 saturated carbocycles. The van der Waals surface area contributed by atoms with Crippen LogP contribution in [0.25, 0.3) is 0 Å². The fourth-order valence-electron chi connectivity index (χ4n) is 3.75. The topological polar surface area (TPSA) is 47.6 Å². The van der Waals surface area contributed by atoms with Gasteiger partial charge in [-0.3, -0.25) is 4.32 Å². The average Bonchev–Trinajstić information content (AvgIpc) is 3.28. The molecule has 2 aliphatic heterocycles. The summed E-state index contributed by atoms with van der Waals surface area (Å²) in [6.07, 6.45) is 11.4. The van der Waals surface area contributed by atoms with Crippen molar-refractivity contribution in [2.75, 3.05) is 53.4 Å². The van der Waals surface area contributed by atoms with Gasteiger partial charge in [0.25, 0.3) is 0 Å². The van der Waals surface area contributed by atoms with E-state index < -0.39 is 6.99 Å². The van der Waals surface area contributed by atoms with Gasteiger partial charge in [0, 0.05) is 25.7 Å². The molecule has 180 valence electrons. The van der Waals surface area contributed by atoms with E-state index >= 15 is 0 Å². The summed E-state index contributed by atoms with van der Waals surface area (Å²) in [5.74, 6) is 2.17. The SMILES string of the molecule is C.CCCC[N+]1(C)CCCC1.CCCC[N+]1(C)CCCC1.N#CB(F)C#N.[CH3-].[Cl-].[Cl-].[K+].[K+]. The van der Waals surface area contributed by atoms with Crippen LogP contribution in [0.5, 0.6) is 0 Å². The van der Waals surface area contributed by atoms with Crippen molar-refractivity contribution in [3.63, 3.8) is 0 Å². The van der Waals surface area contributed by atoms with Gasteiger partial charge in [0.15, 0.2) is 0 Å². The second kappa shape index (κ2) is 31.8. The van der Waals surface area contributed by atoms with E-state index in [1.165, 1.54) is 99.6 Å². The Balaban J connectivity index is -0.0000000551. The summed E-state index contributed by atoms with van der Waals surface area (Å²) in [4.78, 5) is 0. The molecule has 0 aromatic heterocycles. The fourth-order valence-corrected chi connectivity index (χ4v) is 3.75. The van der Waals surface area contributed by atoms with Gasteiger partial charge in [0.2, 0.25) is 0 Å². The van der Waals surface area contributed by atoms with Crippen LogP contribution in [0.4, 0.5) is 4.32 Å². The largest absolute Gasteiger partial charge is 1.00 e. The number of hydrogen-bond acceptors (Lipinski definition) is 2. The van der Waals surface area contributed by atoms with Crippen LogP contribution in [-0.2, 0) is 0 Å². The molecule has 2 aliphatic rings. The number of nitrogens with zero attached hydrogens (tertiary/aromatic N) is 4. The Kier molecular flexibility index (Phi) is 51.0. The summed E-state index contributed by atoms with van der Waals surface area (Å²) in [6.45, 7) is 11.2. The minimum atomic E-state index is -1.95. The first-order valence-corrected chi connectivity index (χ1v) is 10.4. The Bertz CT molecular complexity index is 414. The Labute approximate surface area is 298 Å². The molecule has 0 aromatic rings. The molecule has 0 amide bonds. The van der Waals surface area contributed by atoms with Gasteiger partial charge in [-0.25, -0.2) is 10.5 Å². The van der Waals surface area contributed by atoms with Crippen molar-refractivity contribution in [1.82, 2.24) is 0 Å². The van der Waals surface area contributed by atoms with E-state index in [0.29, 0.717) is 0 Å². The average molecular weight is 547 g/mol. The van der Waals surface area contributed by atoms with Crippen LogP contribution < -0.4 is 128 Å². The van der Waals surface area contributed by atoms with Crippen molar-refractivity contribution in [3.8, 4) is 11.9 Å². The first-order chi connectivity index (χ1) is 12.3. The number of unbranched alkanes of at least 4 members (excludes halogenated alkanes) is 2. The van der Waals surface area contributed by atoms with Crippen LogP contribution in [0, 0.1) is 29.9 Å². The van der Waals surface area contributed by atoms with Crippen LogP contribution in [0.15, 0.2) is 0 Å². The number of nitriles is 2. The Morgan fingerprint density at radius 2 is 1.00 bits per heavy atom. The van der Waals surface area contributed by atoms with Crippen molar-refractivity contribution in [2.45, 2.75) is 72.6 Å². The summed E-state index contributed by atoms with van der Waals surface area (Å²) < 4.78 is 13.8. The molecule has 4 nitrogen and oxygen atoms in total. The molecular weight excluding hydrogens is 499 g/mol. The third-order valence-corrected chi connectivity index (χ3v) is 5.62. The van der Waals surface area contributed by atoms with E-state index in [1.54, 1.807) is 0 Å². The van der Waals surface area contributed by atoms with E-state index in [2.05, 4.69) is 27.9 Å². The van der Waals surface area contributed by atoms with Gasteiger partial charge in [-0.2, -0.15) is 0 Å². The number of quaternary nitrogens is 2. The normalized spacial score (nSPS) is 15.6. The molecule has 2 heterocycles. The monoisotopic (exact) mass is 545 g/mol. The van der Waals surface area contributed by atoms with Crippen LogP contribution in [-0.4, -0.2) is 69.3 Å². The molecule has 0 N–H and O–H groups in total. The summed E-state index contributed by atoms with van der Waals surface area (Å²) in [6, 6.07) is 0. The van der Waals surface area contributed by atoms with E-state index in [4.69, 9.17) is 10.5 Å². The Morgan fingerprint density at radius 3 is 1.16 bits per heavy atom. The zero-order valence-electron chi connectivity index (χ0n) is 21.4. The molecule has 0 atom stereocenters. The van der Waals surface area contributed by atoms with Crippen LogP contribution in [0.3, 0.4) is 0 Å². The first-order valence-electron chi connectivity index (χ1n) is 10.4. The summed E-state index contributed by atoms with van der Waals surface area (Å²) >= 11 is 0. The molecule has 2 rings (SSSR count). The van der Waals surface area contributed by atoms with Crippen molar-refractivity contribution < 1.29 is 141 Å². The third-order valence-electron chi connectivity index (χ3n) is 5.62. The second-order valence-electron chi connectivity index (χ2n) is 8.32. The van der Waals surface area contributed by atoms with Crippen molar-refractivity contribution in [2.24, 2.45) is 0 Å². The van der Waals surface area contributed by atoms with E-state index in [-0.39, 0.29) is 142 Å². The van der Waals surface area contributed by atoms with Gasteiger partial charge < -0.3 is 41.2 Å². The molecule has 0 aromatic carbocycles. The molecule has 0 radical (unpaired) electrons. The predicted molar refractivity (Wildman–Crippen MR) is 121 cm³/mol. The first kappa shape index (κ1) is 51.4. The third kappa shape index (κ3) is 27.3. The number of hydrogen-bond donors (Lipinski definition) is 0. The molecular formula is C22H47BCl2FK2N4+. The molecule has 0 aliphatic carbocycles. The van der Waals surface area contributed by atoms with Crippen LogP contribution in [0.1, 0.15) is 72.6 Å². The minimum Gasteiger partial charge on any atom is -1.00 e. The zero-order chi connectivity index (χ0) is 19.9. The fraction of sp³-hybridized carbons (Fsp3) is 0.864. The standard InChI is InChI=1S/2C9H20N.C2BFN2.CH4.CH3.2ClH.2K/c2*1-3-4-7-10(2)8-5-6-9-10;4-3(1-5)2-6;;;;;;/h2*3-9H2,1-2H3;;1H4;1H3;2*1H;;/q2*+1;;;-1;;;2*+1/p-2. The predicted octanol–water partition coefficient (Wildman–Crippen LogP) is -6.77. The maximum absolute atomic E-state index is 11.1. The van der Waals surface area contributed by atoms with E-state index in [1.807, 2.05) is 0 Å². The van der Waals surface area contributed by atoms with Gasteiger partial charge in [-0.1, -0.05) is 34.1 Å². The quantitative estimate of drug-likeness (QED) is 0.189. The smallest absolute Gasteiger partial charge is 1.00 e. The maximum Gasteiger partial charge on any atom is 1.00 e. The number of likely N-dealkylation sites (tertiary alicyclic amines) is 2. The summed E-state index contributed by atoms with van der Waals surface area (Å²) in [5.41, 5.74) is 0.